The van der Waals surface area contributed by atoms with E-state index in [-0.39, 0.29) is 11.3 Å². The van der Waals surface area contributed by atoms with Crippen molar-refractivity contribution in [3.8, 4) is 11.8 Å². The Labute approximate surface area is 165 Å². The Balaban J connectivity index is 2.46. The van der Waals surface area contributed by atoms with Crippen LogP contribution in [0.1, 0.15) is 21.6 Å². The zero-order chi connectivity index (χ0) is 21.1. The molecule has 148 valence electrons. The molecule has 0 atom stereocenters. The molecule has 0 aliphatic heterocycles. The summed E-state index contributed by atoms with van der Waals surface area (Å²) in [5.41, 5.74) is -0.132. The van der Waals surface area contributed by atoms with Crippen molar-refractivity contribution >= 4 is 35.1 Å². The third kappa shape index (κ3) is 4.53. The Bertz CT molecular complexity index is 946. The number of ether oxygens (including phenoxy) is 1. The molecule has 1 amide bonds. The van der Waals surface area contributed by atoms with Crippen molar-refractivity contribution in [2.24, 2.45) is 0 Å². The molecule has 2 rings (SSSR count). The molecule has 0 saturated heterocycles. The highest BCUT2D eigenvalue weighted by atomic mass is 35.5. The molecular formula is C15H9Cl2F3N4O4. The summed E-state index contributed by atoms with van der Waals surface area (Å²) in [6.07, 6.45) is -3.71. The van der Waals surface area contributed by atoms with Gasteiger partial charge >= 0.3 is 12.1 Å². The molecule has 0 aliphatic carbocycles. The Morgan fingerprint density at radius 1 is 1.32 bits per heavy atom. The molecule has 13 heteroatoms. The predicted octanol–water partition coefficient (Wildman–Crippen LogP) is 2.90. The Hall–Kier alpha value is -2.81. The number of esters is 1. The number of methoxy groups -OCH3 is 1. The zero-order valence-electron chi connectivity index (χ0n) is 13.8. The predicted molar refractivity (Wildman–Crippen MR) is 88.7 cm³/mol. The summed E-state index contributed by atoms with van der Waals surface area (Å²) < 4.78 is 43.8. The molecule has 28 heavy (non-hydrogen) atoms. The van der Waals surface area contributed by atoms with Crippen molar-refractivity contribution < 1.29 is 32.3 Å². The van der Waals surface area contributed by atoms with Gasteiger partial charge in [0.05, 0.1) is 28.9 Å². The smallest absolute Gasteiger partial charge is 0.416 e. The number of hydrogen-bond donors (Lipinski definition) is 1. The number of halogens is 5. The van der Waals surface area contributed by atoms with Crippen molar-refractivity contribution in [3.05, 3.63) is 45.2 Å². The number of alkyl halides is 3. The lowest BCUT2D eigenvalue weighted by Gasteiger charge is -2.14. The summed E-state index contributed by atoms with van der Waals surface area (Å²) in [6, 6.07) is 2.90. The van der Waals surface area contributed by atoms with Gasteiger partial charge in [-0.3, -0.25) is 9.63 Å². The van der Waals surface area contributed by atoms with Crippen molar-refractivity contribution in [2.75, 3.05) is 13.7 Å². The van der Waals surface area contributed by atoms with Gasteiger partial charge in [-0.25, -0.2) is 15.0 Å². The normalized spacial score (nSPS) is 11.0. The van der Waals surface area contributed by atoms with Crippen molar-refractivity contribution in [3.63, 3.8) is 0 Å². The van der Waals surface area contributed by atoms with Gasteiger partial charge in [-0.2, -0.15) is 23.5 Å². The number of hydroxylamine groups is 1. The molecule has 8 nitrogen and oxygen atoms in total. The lowest BCUT2D eigenvalue weighted by atomic mass is 10.2. The van der Waals surface area contributed by atoms with Crippen molar-refractivity contribution in [1.29, 1.82) is 5.26 Å². The van der Waals surface area contributed by atoms with E-state index in [2.05, 4.69) is 14.7 Å². The first-order valence-corrected chi connectivity index (χ1v) is 7.89. The SMILES string of the molecule is COC(=O)CONC(=O)c1c(C#N)cnn1-c1c(Cl)cc(C(F)(F)F)cc1Cl. The molecule has 0 saturated carbocycles. The average Bonchev–Trinajstić information content (AvgIpc) is 3.03. The van der Waals surface area contributed by atoms with Gasteiger partial charge in [-0.1, -0.05) is 23.2 Å². The first kappa shape index (κ1) is 21.5. The summed E-state index contributed by atoms with van der Waals surface area (Å²) in [5.74, 6) is -1.81. The van der Waals surface area contributed by atoms with Crippen LogP contribution in [0.5, 0.6) is 0 Å². The number of benzene rings is 1. The molecule has 0 spiro atoms. The van der Waals surface area contributed by atoms with Crippen LogP contribution < -0.4 is 5.48 Å². The molecule has 1 aromatic heterocycles. The van der Waals surface area contributed by atoms with Gasteiger partial charge in [0.15, 0.2) is 12.3 Å². The lowest BCUT2D eigenvalue weighted by Crippen LogP contribution is -2.29. The van der Waals surface area contributed by atoms with E-state index in [0.29, 0.717) is 12.1 Å². The second-order valence-electron chi connectivity index (χ2n) is 5.01. The molecular weight excluding hydrogens is 428 g/mol. The molecule has 1 N–H and O–H groups in total. The van der Waals surface area contributed by atoms with Crippen LogP contribution in [0.15, 0.2) is 18.3 Å². The van der Waals surface area contributed by atoms with E-state index in [9.17, 15) is 22.8 Å². The largest absolute Gasteiger partial charge is 0.467 e. The third-order valence-corrected chi connectivity index (χ3v) is 3.82. The van der Waals surface area contributed by atoms with Crippen molar-refractivity contribution in [2.45, 2.75) is 6.18 Å². The molecule has 2 aromatic rings. The summed E-state index contributed by atoms with van der Waals surface area (Å²) in [4.78, 5) is 28.0. The van der Waals surface area contributed by atoms with Crippen LogP contribution in [-0.2, 0) is 20.5 Å². The molecule has 0 bridgehead atoms. The summed E-state index contributed by atoms with van der Waals surface area (Å²) in [7, 11) is 1.10. The average molecular weight is 437 g/mol. The lowest BCUT2D eigenvalue weighted by molar-refractivity contribution is -0.147. The standard InChI is InChI=1S/C15H9Cl2F3N4O4/c1-27-11(25)6-28-23-14(26)12-7(4-21)5-22-24(12)13-9(16)2-8(3-10(13)17)15(18,19)20/h2-3,5H,6H2,1H3,(H,23,26). The fourth-order valence-corrected chi connectivity index (χ4v) is 2.66. The molecule has 0 aliphatic rings. The van der Waals surface area contributed by atoms with E-state index >= 15 is 0 Å². The van der Waals surface area contributed by atoms with Crippen LogP contribution in [-0.4, -0.2) is 35.4 Å². The number of aromatic nitrogens is 2. The first-order chi connectivity index (χ1) is 13.1. The van der Waals surface area contributed by atoms with Crippen LogP contribution in [0.25, 0.3) is 5.69 Å². The minimum absolute atomic E-state index is 0.244. The first-order valence-electron chi connectivity index (χ1n) is 7.13. The van der Waals surface area contributed by atoms with Gasteiger partial charge in [0, 0.05) is 0 Å². The number of nitriles is 1. The van der Waals surface area contributed by atoms with E-state index in [4.69, 9.17) is 28.5 Å². The zero-order valence-corrected chi connectivity index (χ0v) is 15.3. The van der Waals surface area contributed by atoms with Crippen LogP contribution in [0, 0.1) is 11.3 Å². The highest BCUT2D eigenvalue weighted by Crippen LogP contribution is 2.37. The molecule has 0 unspecified atom stereocenters. The second-order valence-corrected chi connectivity index (χ2v) is 5.83. The number of nitrogens with zero attached hydrogens (tertiary/aromatic N) is 3. The topological polar surface area (TPSA) is 106 Å². The monoisotopic (exact) mass is 436 g/mol. The van der Waals surface area contributed by atoms with Gasteiger partial charge in [-0.05, 0) is 12.1 Å². The van der Waals surface area contributed by atoms with Gasteiger partial charge < -0.3 is 4.74 Å². The fraction of sp³-hybridized carbons (Fsp3) is 0.200. The number of carbonyl (C=O) groups is 2. The summed E-state index contributed by atoms with van der Waals surface area (Å²) in [5, 5.41) is 12.0. The van der Waals surface area contributed by atoms with Gasteiger partial charge in [0.1, 0.15) is 17.3 Å². The molecule has 1 aromatic carbocycles. The highest BCUT2D eigenvalue weighted by molar-refractivity contribution is 6.38. The minimum Gasteiger partial charge on any atom is -0.467 e. The van der Waals surface area contributed by atoms with Gasteiger partial charge in [-0.15, -0.1) is 0 Å². The van der Waals surface area contributed by atoms with Gasteiger partial charge in [0.2, 0.25) is 0 Å². The van der Waals surface area contributed by atoms with Crippen molar-refractivity contribution in [1.82, 2.24) is 15.3 Å². The molecule has 1 heterocycles. The minimum atomic E-state index is -4.70. The number of amides is 1. The maximum Gasteiger partial charge on any atom is 0.416 e. The maximum atomic E-state index is 12.9. The number of rotatable bonds is 5. The number of carbonyl (C=O) groups excluding carboxylic acids is 2. The molecule has 0 fully saturated rings. The van der Waals surface area contributed by atoms with Crippen LogP contribution >= 0.6 is 23.2 Å². The van der Waals surface area contributed by atoms with Gasteiger partial charge in [0.25, 0.3) is 5.91 Å². The fourth-order valence-electron chi connectivity index (χ4n) is 2.02. The second kappa shape index (κ2) is 8.47. The summed E-state index contributed by atoms with van der Waals surface area (Å²) >= 11 is 11.8. The van der Waals surface area contributed by atoms with Crippen LogP contribution in [0.2, 0.25) is 10.0 Å². The molecule has 0 radical (unpaired) electrons. The highest BCUT2D eigenvalue weighted by Gasteiger charge is 2.33. The quantitative estimate of drug-likeness (QED) is 0.570. The van der Waals surface area contributed by atoms with E-state index in [1.165, 1.54) is 0 Å². The van der Waals surface area contributed by atoms with E-state index < -0.39 is 46.0 Å². The Morgan fingerprint density at radius 2 is 1.93 bits per heavy atom. The number of hydrogen-bond acceptors (Lipinski definition) is 6. The Morgan fingerprint density at radius 3 is 2.43 bits per heavy atom. The van der Waals surface area contributed by atoms with Crippen LogP contribution in [0.3, 0.4) is 0 Å². The summed E-state index contributed by atoms with van der Waals surface area (Å²) in [6.45, 7) is -0.625. The van der Waals surface area contributed by atoms with E-state index in [0.717, 1.165) is 18.0 Å². The Kier molecular flexibility index (Phi) is 6.50. The van der Waals surface area contributed by atoms with E-state index in [1.807, 2.05) is 5.48 Å². The maximum absolute atomic E-state index is 12.9. The van der Waals surface area contributed by atoms with E-state index in [1.54, 1.807) is 6.07 Å². The van der Waals surface area contributed by atoms with Crippen LogP contribution in [0.4, 0.5) is 13.2 Å². The third-order valence-electron chi connectivity index (χ3n) is 3.24. The number of nitrogens with one attached hydrogen (secondary N) is 1.